The number of halogens is 3. The van der Waals surface area contributed by atoms with E-state index in [9.17, 15) is 19.4 Å². The number of aromatic nitrogens is 2. The highest BCUT2D eigenvalue weighted by Gasteiger charge is 2.43. The van der Waals surface area contributed by atoms with E-state index in [-0.39, 0.29) is 35.8 Å². The van der Waals surface area contributed by atoms with Crippen molar-refractivity contribution in [1.82, 2.24) is 9.97 Å². The van der Waals surface area contributed by atoms with Gasteiger partial charge in [0.25, 0.3) is 0 Å². The van der Waals surface area contributed by atoms with Gasteiger partial charge in [-0.15, -0.1) is 0 Å². The third-order valence-electron chi connectivity index (χ3n) is 8.41. The van der Waals surface area contributed by atoms with E-state index >= 15 is 8.78 Å². The molecule has 3 aromatic rings. The second-order valence-corrected chi connectivity index (χ2v) is 11.2. The topological polar surface area (TPSA) is 102 Å². The largest absolute Gasteiger partial charge is 0.490 e. The SMILES string of the molecule is C[C@H]1C[C@@H](c2ccncc2CC(=O)c2ccc(F)c(-c3c(F)cc(OC4CCOCC4)cc3F)n2)C[C@@H](O)[C@]1(C)O. The number of ether oxygens (including phenoxy) is 2. The molecule has 7 nitrogen and oxygen atoms in total. The van der Waals surface area contributed by atoms with Crippen molar-refractivity contribution in [3.05, 3.63) is 77.0 Å². The highest BCUT2D eigenvalue weighted by atomic mass is 19.1. The van der Waals surface area contributed by atoms with Crippen molar-refractivity contribution in [2.24, 2.45) is 5.92 Å². The molecule has 218 valence electrons. The van der Waals surface area contributed by atoms with Crippen LogP contribution in [0, 0.1) is 23.4 Å². The van der Waals surface area contributed by atoms with Crippen LogP contribution in [0.5, 0.6) is 5.75 Å². The number of hydrogen-bond donors (Lipinski definition) is 2. The molecule has 2 fully saturated rings. The predicted molar refractivity (Wildman–Crippen MR) is 144 cm³/mol. The zero-order valence-electron chi connectivity index (χ0n) is 22.9. The summed E-state index contributed by atoms with van der Waals surface area (Å²) >= 11 is 0. The Kier molecular flexibility index (Phi) is 8.45. The van der Waals surface area contributed by atoms with Gasteiger partial charge in [-0.1, -0.05) is 6.92 Å². The van der Waals surface area contributed by atoms with Gasteiger partial charge in [0.05, 0.1) is 30.5 Å². The Hall–Kier alpha value is -3.34. The molecular weight excluding hydrogens is 537 g/mol. The van der Waals surface area contributed by atoms with Crippen molar-refractivity contribution in [2.75, 3.05) is 13.2 Å². The molecule has 1 aromatic carbocycles. The van der Waals surface area contributed by atoms with Crippen LogP contribution in [0.15, 0.2) is 42.7 Å². The average Bonchev–Trinajstić information content (AvgIpc) is 2.93. The van der Waals surface area contributed by atoms with E-state index in [4.69, 9.17) is 9.47 Å². The van der Waals surface area contributed by atoms with Gasteiger partial charge in [0.2, 0.25) is 0 Å². The number of ketones is 1. The summed E-state index contributed by atoms with van der Waals surface area (Å²) in [6.45, 7) is 4.47. The van der Waals surface area contributed by atoms with Crippen LogP contribution in [0.1, 0.15) is 67.1 Å². The molecule has 2 aromatic heterocycles. The number of aliphatic hydroxyl groups is 2. The van der Waals surface area contributed by atoms with Crippen molar-refractivity contribution in [2.45, 2.75) is 69.7 Å². The third kappa shape index (κ3) is 6.14. The van der Waals surface area contributed by atoms with Crippen molar-refractivity contribution in [3.63, 3.8) is 0 Å². The fraction of sp³-hybridized carbons (Fsp3) is 0.452. The molecule has 0 amide bonds. The molecule has 0 unspecified atom stereocenters. The van der Waals surface area contributed by atoms with E-state index in [1.807, 2.05) is 6.92 Å². The monoisotopic (exact) mass is 570 g/mol. The second-order valence-electron chi connectivity index (χ2n) is 11.2. The first-order valence-corrected chi connectivity index (χ1v) is 13.8. The minimum atomic E-state index is -1.21. The first-order valence-electron chi connectivity index (χ1n) is 13.8. The van der Waals surface area contributed by atoms with Crippen LogP contribution in [-0.4, -0.2) is 57.0 Å². The summed E-state index contributed by atoms with van der Waals surface area (Å²) in [6.07, 6.45) is 3.93. The van der Waals surface area contributed by atoms with Gasteiger partial charge in [0.1, 0.15) is 40.7 Å². The van der Waals surface area contributed by atoms with Crippen LogP contribution < -0.4 is 4.74 Å². The molecule has 5 rings (SSSR count). The number of rotatable bonds is 7. The highest BCUT2D eigenvalue weighted by Crippen LogP contribution is 2.42. The summed E-state index contributed by atoms with van der Waals surface area (Å²) in [6, 6.07) is 5.90. The van der Waals surface area contributed by atoms with Crippen LogP contribution >= 0.6 is 0 Å². The van der Waals surface area contributed by atoms with E-state index in [1.54, 1.807) is 25.4 Å². The lowest BCUT2D eigenvalue weighted by Crippen LogP contribution is -2.49. The number of aliphatic hydroxyl groups excluding tert-OH is 1. The van der Waals surface area contributed by atoms with Crippen molar-refractivity contribution < 1.29 is 37.7 Å². The van der Waals surface area contributed by atoms with E-state index in [0.29, 0.717) is 44.5 Å². The van der Waals surface area contributed by atoms with Crippen LogP contribution in [0.3, 0.4) is 0 Å². The molecule has 1 saturated heterocycles. The van der Waals surface area contributed by atoms with Gasteiger partial charge in [-0.05, 0) is 60.9 Å². The van der Waals surface area contributed by atoms with Gasteiger partial charge in [-0.25, -0.2) is 18.2 Å². The van der Waals surface area contributed by atoms with Gasteiger partial charge in [0, 0.05) is 43.8 Å². The van der Waals surface area contributed by atoms with E-state index < -0.39 is 46.2 Å². The number of carbonyl (C=O) groups excluding carboxylic acids is 1. The molecule has 0 spiro atoms. The fourth-order valence-corrected chi connectivity index (χ4v) is 5.70. The van der Waals surface area contributed by atoms with Gasteiger partial charge < -0.3 is 19.7 Å². The van der Waals surface area contributed by atoms with E-state index in [0.717, 1.165) is 23.8 Å². The zero-order valence-corrected chi connectivity index (χ0v) is 22.9. The van der Waals surface area contributed by atoms with Gasteiger partial charge in [-0.3, -0.25) is 9.78 Å². The summed E-state index contributed by atoms with van der Waals surface area (Å²) in [5.74, 6) is -3.90. The van der Waals surface area contributed by atoms with Crippen molar-refractivity contribution >= 4 is 5.78 Å². The quantitative estimate of drug-likeness (QED) is 0.378. The average molecular weight is 571 g/mol. The molecule has 41 heavy (non-hydrogen) atoms. The Morgan fingerprint density at radius 2 is 1.80 bits per heavy atom. The van der Waals surface area contributed by atoms with E-state index in [1.165, 1.54) is 6.07 Å². The number of pyridine rings is 2. The van der Waals surface area contributed by atoms with Gasteiger partial charge in [0.15, 0.2) is 5.78 Å². The number of hydrogen-bond acceptors (Lipinski definition) is 7. The van der Waals surface area contributed by atoms with Crippen LogP contribution in [0.25, 0.3) is 11.3 Å². The lowest BCUT2D eigenvalue weighted by atomic mass is 9.68. The fourth-order valence-electron chi connectivity index (χ4n) is 5.70. The number of nitrogens with zero attached hydrogens (tertiary/aromatic N) is 2. The maximum Gasteiger partial charge on any atom is 0.185 e. The minimum absolute atomic E-state index is 0.0175. The minimum Gasteiger partial charge on any atom is -0.490 e. The standard InChI is InChI=1S/C31H33F3N2O5/c1-17-11-18(13-28(38)31(17,2)39)22-5-8-35-16-19(22)12-27(37)26-4-3-23(32)30(36-26)29-24(33)14-21(15-25(29)34)41-20-6-9-40-10-7-20/h3-5,8,14-18,20,28,38-39H,6-7,9-13H2,1-2H3/t17-,18+,28+,31+/m0/s1. The number of benzene rings is 1. The molecule has 1 aliphatic carbocycles. The molecule has 3 heterocycles. The van der Waals surface area contributed by atoms with Crippen molar-refractivity contribution in [1.29, 1.82) is 0 Å². The van der Waals surface area contributed by atoms with Crippen LogP contribution in [-0.2, 0) is 11.2 Å². The molecule has 1 aliphatic heterocycles. The van der Waals surface area contributed by atoms with E-state index in [2.05, 4.69) is 9.97 Å². The molecule has 0 bridgehead atoms. The summed E-state index contributed by atoms with van der Waals surface area (Å²) < 4.78 is 56.0. The highest BCUT2D eigenvalue weighted by molar-refractivity contribution is 5.96. The smallest absolute Gasteiger partial charge is 0.185 e. The zero-order chi connectivity index (χ0) is 29.3. The van der Waals surface area contributed by atoms with Crippen molar-refractivity contribution in [3.8, 4) is 17.0 Å². The molecule has 1 saturated carbocycles. The maximum absolute atomic E-state index is 15.1. The molecule has 2 N–H and O–H groups in total. The Labute approximate surface area is 236 Å². The Morgan fingerprint density at radius 3 is 2.49 bits per heavy atom. The Bertz CT molecular complexity index is 1390. The summed E-state index contributed by atoms with van der Waals surface area (Å²) in [4.78, 5) is 21.5. The molecule has 0 radical (unpaired) electrons. The lowest BCUT2D eigenvalue weighted by molar-refractivity contribution is -0.123. The summed E-state index contributed by atoms with van der Waals surface area (Å²) in [5, 5.41) is 21.1. The number of carbonyl (C=O) groups is 1. The normalized spacial score (nSPS) is 25.2. The van der Waals surface area contributed by atoms with Crippen LogP contribution in [0.2, 0.25) is 0 Å². The summed E-state index contributed by atoms with van der Waals surface area (Å²) in [5.41, 5.74) is -1.25. The van der Waals surface area contributed by atoms with Gasteiger partial charge in [-0.2, -0.15) is 0 Å². The first-order chi connectivity index (χ1) is 19.5. The Balaban J connectivity index is 1.38. The molecule has 4 atom stereocenters. The molecule has 2 aliphatic rings. The lowest BCUT2D eigenvalue weighted by Gasteiger charge is -2.43. The van der Waals surface area contributed by atoms with Crippen LogP contribution in [0.4, 0.5) is 13.2 Å². The first kappa shape index (κ1) is 29.2. The summed E-state index contributed by atoms with van der Waals surface area (Å²) in [7, 11) is 0. The maximum atomic E-state index is 15.1. The van der Waals surface area contributed by atoms with Gasteiger partial charge >= 0.3 is 0 Å². The Morgan fingerprint density at radius 1 is 1.10 bits per heavy atom. The second kappa shape index (κ2) is 11.9. The number of Topliss-reactive ketones (excluding diaryl/α,β-unsaturated/α-hetero) is 1. The predicted octanol–water partition coefficient (Wildman–Crippen LogP) is 5.17. The molecular formula is C31H33F3N2O5. The third-order valence-corrected chi connectivity index (χ3v) is 8.41. The molecule has 10 heteroatoms.